The zero-order valence-corrected chi connectivity index (χ0v) is 28.6. The number of hydrogen-bond donors (Lipinski definition) is 1. The minimum atomic E-state index is 0.668. The Kier molecular flexibility index (Phi) is 16.9. The van der Waals surface area contributed by atoms with Crippen LogP contribution in [-0.4, -0.2) is 20.3 Å². The van der Waals surface area contributed by atoms with Crippen LogP contribution in [0.5, 0.6) is 11.5 Å². The predicted octanol–water partition coefficient (Wildman–Crippen LogP) is 11.8. The molecule has 1 aliphatic heterocycles. The first-order valence-corrected chi connectivity index (χ1v) is 17.6. The molecule has 0 amide bonds. The second-order valence-electron chi connectivity index (χ2n) is 11.9. The first kappa shape index (κ1) is 35.6. The first-order valence-electron chi connectivity index (χ1n) is 17.2. The molecule has 0 atom stereocenters. The number of fused-ring (bicyclic) bond motifs is 1. The van der Waals surface area contributed by atoms with Gasteiger partial charge < -0.3 is 14.8 Å². The van der Waals surface area contributed by atoms with E-state index in [9.17, 15) is 0 Å². The molecule has 0 radical (unpaired) electrons. The summed E-state index contributed by atoms with van der Waals surface area (Å²) >= 11 is 6.06. The number of hydrogen-bond acceptors (Lipinski definition) is 3. The van der Waals surface area contributed by atoms with Crippen molar-refractivity contribution in [2.24, 2.45) is 0 Å². The van der Waals surface area contributed by atoms with Crippen molar-refractivity contribution < 1.29 is 9.47 Å². The topological polar surface area (TPSA) is 30.5 Å². The molecule has 0 saturated heterocycles. The van der Waals surface area contributed by atoms with E-state index < -0.39 is 0 Å². The van der Waals surface area contributed by atoms with Gasteiger partial charge in [-0.05, 0) is 78.6 Å². The summed E-state index contributed by atoms with van der Waals surface area (Å²) in [6.07, 6.45) is 18.4. The lowest BCUT2D eigenvalue weighted by molar-refractivity contribution is 0.171. The van der Waals surface area contributed by atoms with E-state index in [-0.39, 0.29) is 0 Å². The Hall–Kier alpha value is -2.91. The Morgan fingerprint density at radius 1 is 0.682 bits per heavy atom. The fraction of sp³-hybridized carbons (Fsp3) is 0.500. The summed E-state index contributed by atoms with van der Waals surface area (Å²) in [7, 11) is 2.03. The number of rotatable bonds is 13. The van der Waals surface area contributed by atoms with Crippen LogP contribution in [0.1, 0.15) is 109 Å². The molecule has 240 valence electrons. The fourth-order valence-electron chi connectivity index (χ4n) is 5.39. The molecule has 0 spiro atoms. The van der Waals surface area contributed by atoms with Gasteiger partial charge in [0, 0.05) is 24.2 Å². The van der Waals surface area contributed by atoms with E-state index >= 15 is 0 Å². The molecular weight excluding hydrogens is 562 g/mol. The summed E-state index contributed by atoms with van der Waals surface area (Å²) in [6, 6.07) is 23.0. The van der Waals surface area contributed by atoms with Gasteiger partial charge in [0.05, 0.1) is 0 Å². The summed E-state index contributed by atoms with van der Waals surface area (Å²) in [5, 5.41) is 4.15. The van der Waals surface area contributed by atoms with E-state index in [1.54, 1.807) is 5.57 Å². The Morgan fingerprint density at radius 3 is 1.91 bits per heavy atom. The van der Waals surface area contributed by atoms with E-state index in [4.69, 9.17) is 21.1 Å². The zero-order valence-electron chi connectivity index (χ0n) is 27.9. The van der Waals surface area contributed by atoms with Crippen molar-refractivity contribution in [3.05, 3.63) is 94.1 Å². The lowest BCUT2D eigenvalue weighted by atomic mass is 9.88. The molecule has 3 aromatic rings. The van der Waals surface area contributed by atoms with Crippen molar-refractivity contribution >= 4 is 11.6 Å². The molecule has 0 bridgehead atoms. The second-order valence-corrected chi connectivity index (χ2v) is 12.4. The molecule has 2 aliphatic rings. The molecule has 4 heteroatoms. The Bertz CT molecular complexity index is 1240. The van der Waals surface area contributed by atoms with Gasteiger partial charge in [0.1, 0.15) is 13.2 Å². The monoisotopic (exact) mass is 617 g/mol. The third-order valence-electron chi connectivity index (χ3n) is 8.31. The van der Waals surface area contributed by atoms with E-state index in [1.807, 2.05) is 31.3 Å². The number of halogens is 1. The van der Waals surface area contributed by atoms with Crippen LogP contribution < -0.4 is 14.8 Å². The number of unbranched alkanes of at least 4 members (excludes halogenated alkanes) is 7. The van der Waals surface area contributed by atoms with E-state index in [0.29, 0.717) is 13.2 Å². The smallest absolute Gasteiger partial charge is 0.161 e. The average molecular weight is 618 g/mol. The highest BCUT2D eigenvalue weighted by Gasteiger charge is 2.14. The predicted molar refractivity (Wildman–Crippen MR) is 190 cm³/mol. The molecule has 1 fully saturated rings. The van der Waals surface area contributed by atoms with E-state index in [0.717, 1.165) is 29.4 Å². The van der Waals surface area contributed by atoms with Crippen LogP contribution in [0.3, 0.4) is 0 Å². The van der Waals surface area contributed by atoms with Gasteiger partial charge >= 0.3 is 0 Å². The normalized spacial score (nSPS) is 13.1. The lowest BCUT2D eigenvalue weighted by Crippen LogP contribution is -2.15. The molecule has 3 nitrogen and oxygen atoms in total. The lowest BCUT2D eigenvalue weighted by Gasteiger charge is -2.22. The summed E-state index contributed by atoms with van der Waals surface area (Å²) in [5.74, 6) is 1.79. The van der Waals surface area contributed by atoms with Gasteiger partial charge in [-0.2, -0.15) is 0 Å². The highest BCUT2D eigenvalue weighted by Crippen LogP contribution is 2.31. The number of likely N-dealkylation sites (N-methyl/N-ethyl adjacent to an activating group) is 1. The van der Waals surface area contributed by atoms with E-state index in [2.05, 4.69) is 68.6 Å². The summed E-state index contributed by atoms with van der Waals surface area (Å²) in [4.78, 5) is 0. The number of nitrogens with one attached hydrogen (secondary N) is 1. The quantitative estimate of drug-likeness (QED) is 0.193. The van der Waals surface area contributed by atoms with Crippen LogP contribution >= 0.6 is 11.6 Å². The van der Waals surface area contributed by atoms with Crippen molar-refractivity contribution in [3.63, 3.8) is 0 Å². The maximum Gasteiger partial charge on any atom is 0.161 e. The molecule has 1 aliphatic carbocycles. The molecular formula is C40H56ClNO2. The number of benzene rings is 3. The minimum absolute atomic E-state index is 0.668. The Balaban J connectivity index is 0.000000199. The van der Waals surface area contributed by atoms with Gasteiger partial charge in [-0.1, -0.05) is 132 Å². The zero-order chi connectivity index (χ0) is 31.4. The number of allylic oxidation sites excluding steroid dienone is 2. The molecule has 1 saturated carbocycles. The van der Waals surface area contributed by atoms with Gasteiger partial charge in [-0.3, -0.25) is 0 Å². The van der Waals surface area contributed by atoms with Crippen LogP contribution in [0.25, 0.3) is 11.1 Å². The SMILES string of the molecule is CCCCCCCCC.CCCCc1ccc2c(c1)OCCO2.CNC(Cc1ccc(-c2cccc(Cl)c2)cc1)=C1CCC1. The van der Waals surface area contributed by atoms with Crippen LogP contribution in [0.4, 0.5) is 0 Å². The Morgan fingerprint density at radius 2 is 1.32 bits per heavy atom. The molecule has 0 unspecified atom stereocenters. The average Bonchev–Trinajstić information content (AvgIpc) is 3.03. The summed E-state index contributed by atoms with van der Waals surface area (Å²) in [5.41, 5.74) is 8.07. The van der Waals surface area contributed by atoms with Gasteiger partial charge in [0.2, 0.25) is 0 Å². The standard InChI is InChI=1S/C19H20ClN.C12H16O2.C9H20/c1-21-19(16-4-2-5-16)12-14-8-10-15(11-9-14)17-6-3-7-18(20)13-17;1-2-3-4-10-5-6-11-12(9-10)14-8-7-13-11;1-3-5-7-9-8-6-4-2/h3,6-11,13,21H,2,4-5,12H2,1H3;5-6,9H,2-4,7-8H2,1H3;3-9H2,1-2H3. The first-order chi connectivity index (χ1) is 21.6. The van der Waals surface area contributed by atoms with Crippen LogP contribution in [0, 0.1) is 0 Å². The van der Waals surface area contributed by atoms with Crippen molar-refractivity contribution in [3.8, 4) is 22.6 Å². The van der Waals surface area contributed by atoms with Crippen LogP contribution in [0.15, 0.2) is 78.0 Å². The molecule has 1 N–H and O–H groups in total. The number of ether oxygens (including phenoxy) is 2. The second kappa shape index (κ2) is 20.9. The largest absolute Gasteiger partial charge is 0.486 e. The molecule has 1 heterocycles. The van der Waals surface area contributed by atoms with Crippen molar-refractivity contribution in [1.29, 1.82) is 0 Å². The van der Waals surface area contributed by atoms with Gasteiger partial charge in [0.15, 0.2) is 11.5 Å². The van der Waals surface area contributed by atoms with Crippen LogP contribution in [-0.2, 0) is 12.8 Å². The van der Waals surface area contributed by atoms with Crippen molar-refractivity contribution in [2.45, 2.75) is 111 Å². The molecule has 0 aromatic heterocycles. The van der Waals surface area contributed by atoms with Gasteiger partial charge in [0.25, 0.3) is 0 Å². The minimum Gasteiger partial charge on any atom is -0.486 e. The van der Waals surface area contributed by atoms with Gasteiger partial charge in [-0.15, -0.1) is 0 Å². The maximum absolute atomic E-state index is 6.06. The highest BCUT2D eigenvalue weighted by atomic mass is 35.5. The fourth-order valence-corrected chi connectivity index (χ4v) is 5.58. The van der Waals surface area contributed by atoms with Crippen molar-refractivity contribution in [1.82, 2.24) is 5.32 Å². The molecule has 5 rings (SSSR count). The maximum atomic E-state index is 6.06. The highest BCUT2D eigenvalue weighted by molar-refractivity contribution is 6.30. The third-order valence-corrected chi connectivity index (χ3v) is 8.55. The molecule has 44 heavy (non-hydrogen) atoms. The third kappa shape index (κ3) is 12.6. The van der Waals surface area contributed by atoms with E-state index in [1.165, 1.54) is 105 Å². The van der Waals surface area contributed by atoms with Crippen molar-refractivity contribution in [2.75, 3.05) is 20.3 Å². The van der Waals surface area contributed by atoms with Crippen LogP contribution in [0.2, 0.25) is 5.02 Å². The molecule has 3 aromatic carbocycles. The van der Waals surface area contributed by atoms with Gasteiger partial charge in [-0.25, -0.2) is 0 Å². The summed E-state index contributed by atoms with van der Waals surface area (Å²) < 4.78 is 11.0. The summed E-state index contributed by atoms with van der Waals surface area (Å²) in [6.45, 7) is 8.07. The Labute approximate surface area is 273 Å². The number of aryl methyl sites for hydroxylation is 1.